The maximum Gasteiger partial charge on any atom is 0.416 e. The zero-order chi connectivity index (χ0) is 30.0. The Kier molecular flexibility index (Phi) is 7.02. The Labute approximate surface area is 238 Å². The number of fused-ring (bicyclic) bond motifs is 3. The van der Waals surface area contributed by atoms with Crippen molar-refractivity contribution in [2.24, 2.45) is 0 Å². The fourth-order valence-corrected chi connectivity index (χ4v) is 5.45. The van der Waals surface area contributed by atoms with Crippen molar-refractivity contribution in [2.75, 3.05) is 5.32 Å². The predicted octanol–water partition coefficient (Wildman–Crippen LogP) is 6.20. The average Bonchev–Trinajstić information content (AvgIpc) is 3.32. The van der Waals surface area contributed by atoms with Gasteiger partial charge in [-0.25, -0.2) is 17.6 Å². The molecule has 41 heavy (non-hydrogen) atoms. The third-order valence-corrected chi connectivity index (χ3v) is 7.13. The molecule has 1 atom stereocenters. The number of nitrogens with zero attached hydrogens (tertiary/aromatic N) is 2. The molecule has 0 fully saturated rings. The Morgan fingerprint density at radius 1 is 1.15 bits per heavy atom. The summed E-state index contributed by atoms with van der Waals surface area (Å²) in [5, 5.41) is 19.8. The van der Waals surface area contributed by atoms with Gasteiger partial charge in [0.2, 0.25) is 0 Å². The van der Waals surface area contributed by atoms with Gasteiger partial charge in [-0.2, -0.15) is 18.3 Å². The van der Waals surface area contributed by atoms with E-state index in [1.165, 1.54) is 0 Å². The van der Waals surface area contributed by atoms with Crippen LogP contribution in [0.5, 0.6) is 0 Å². The van der Waals surface area contributed by atoms with Gasteiger partial charge in [-0.3, -0.25) is 14.3 Å². The van der Waals surface area contributed by atoms with Crippen LogP contribution < -0.4 is 10.6 Å². The van der Waals surface area contributed by atoms with Crippen molar-refractivity contribution in [1.82, 2.24) is 15.1 Å². The number of nitrogens with one attached hydrogen (secondary N) is 2. The molecule has 3 aromatic carbocycles. The number of anilines is 1. The lowest BCUT2D eigenvalue weighted by molar-refractivity contribution is -0.137. The number of carbonyl (C=O) groups excluding carboxylic acids is 2. The fourth-order valence-electron chi connectivity index (χ4n) is 4.61. The quantitative estimate of drug-likeness (QED) is 0.221. The third kappa shape index (κ3) is 5.02. The van der Waals surface area contributed by atoms with Crippen LogP contribution >= 0.6 is 27.5 Å². The van der Waals surface area contributed by atoms with Crippen molar-refractivity contribution in [2.45, 2.75) is 24.9 Å². The second-order valence-electron chi connectivity index (χ2n) is 8.90. The van der Waals surface area contributed by atoms with Gasteiger partial charge in [0, 0.05) is 27.1 Å². The van der Waals surface area contributed by atoms with Crippen LogP contribution in [0.15, 0.2) is 47.1 Å². The van der Waals surface area contributed by atoms with Crippen LogP contribution in [0.25, 0.3) is 10.9 Å². The second-order valence-corrected chi connectivity index (χ2v) is 10.1. The Morgan fingerprint density at radius 3 is 2.51 bits per heavy atom. The van der Waals surface area contributed by atoms with Gasteiger partial charge in [0.05, 0.1) is 22.3 Å². The van der Waals surface area contributed by atoms with Crippen LogP contribution in [0.3, 0.4) is 0 Å². The number of halogens is 9. The first-order chi connectivity index (χ1) is 19.1. The average molecular weight is 666 g/mol. The summed E-state index contributed by atoms with van der Waals surface area (Å²) in [6, 6.07) is 4.93. The monoisotopic (exact) mass is 664 g/mol. The first kappa shape index (κ1) is 28.8. The van der Waals surface area contributed by atoms with E-state index in [9.17, 15) is 45.4 Å². The maximum absolute atomic E-state index is 14.2. The first-order valence-electron chi connectivity index (χ1n) is 11.3. The van der Waals surface area contributed by atoms with E-state index in [1.807, 2.05) is 0 Å². The molecule has 4 aromatic rings. The number of rotatable bonds is 5. The lowest BCUT2D eigenvalue weighted by Crippen LogP contribution is -2.41. The zero-order valence-electron chi connectivity index (χ0n) is 19.9. The molecule has 3 N–H and O–H groups in total. The molecule has 0 spiro atoms. The van der Waals surface area contributed by atoms with Crippen LogP contribution in [-0.4, -0.2) is 33.1 Å². The van der Waals surface area contributed by atoms with Crippen molar-refractivity contribution in [1.29, 1.82) is 0 Å². The fraction of sp³-hybridized carbons (Fsp3) is 0.160. The number of hydrogen-bond donors (Lipinski definition) is 3. The van der Waals surface area contributed by atoms with Crippen molar-refractivity contribution >= 4 is 55.9 Å². The summed E-state index contributed by atoms with van der Waals surface area (Å²) in [4.78, 5) is 26.4. The summed E-state index contributed by atoms with van der Waals surface area (Å²) in [6.45, 7) is -0.964. The molecule has 1 aliphatic heterocycles. The van der Waals surface area contributed by atoms with Gasteiger partial charge in [-0.1, -0.05) is 11.6 Å². The van der Waals surface area contributed by atoms with Gasteiger partial charge >= 0.3 is 6.18 Å². The van der Waals surface area contributed by atoms with Crippen molar-refractivity contribution in [3.05, 3.63) is 91.5 Å². The largest absolute Gasteiger partial charge is 0.416 e. The van der Waals surface area contributed by atoms with Crippen molar-refractivity contribution < 1.29 is 45.4 Å². The van der Waals surface area contributed by atoms with Crippen molar-refractivity contribution in [3.63, 3.8) is 0 Å². The Hall–Kier alpha value is -3.69. The number of aromatic nitrogens is 2. The van der Waals surface area contributed by atoms with E-state index in [4.69, 9.17) is 11.6 Å². The third-order valence-electron chi connectivity index (χ3n) is 6.25. The van der Waals surface area contributed by atoms with E-state index >= 15 is 0 Å². The highest BCUT2D eigenvalue weighted by Gasteiger charge is 2.48. The summed E-state index contributed by atoms with van der Waals surface area (Å²) in [5.41, 5.74) is -6.73. The first-order valence-corrected chi connectivity index (χ1v) is 12.5. The van der Waals surface area contributed by atoms with Crippen LogP contribution in [-0.2, 0) is 18.4 Å². The number of alkyl halides is 5. The minimum atomic E-state index is -5.00. The van der Waals surface area contributed by atoms with Gasteiger partial charge in [0.15, 0.2) is 5.72 Å². The summed E-state index contributed by atoms with van der Waals surface area (Å²) < 4.78 is 95.3. The van der Waals surface area contributed by atoms with Gasteiger partial charge in [0.25, 0.3) is 18.2 Å². The molecule has 0 radical (unpaired) electrons. The molecule has 0 saturated carbocycles. The van der Waals surface area contributed by atoms with Gasteiger partial charge in [-0.05, 0) is 58.4 Å². The van der Waals surface area contributed by atoms with E-state index in [0.717, 1.165) is 28.9 Å². The Bertz CT molecular complexity index is 1760. The van der Waals surface area contributed by atoms with Gasteiger partial charge in [0.1, 0.15) is 22.8 Å². The Morgan fingerprint density at radius 2 is 1.85 bits per heavy atom. The molecule has 1 unspecified atom stereocenters. The molecule has 16 heteroatoms. The van der Waals surface area contributed by atoms with Gasteiger partial charge < -0.3 is 15.7 Å². The maximum atomic E-state index is 14.2. The number of hydrogen-bond acceptors (Lipinski definition) is 4. The molecule has 214 valence electrons. The zero-order valence-corrected chi connectivity index (χ0v) is 22.2. The van der Waals surface area contributed by atoms with E-state index in [2.05, 4.69) is 31.7 Å². The standard InChI is InChI=1S/C25H13BrClF7N4O3/c26-21-18-16(38(37-21)8-17(30)31)7-15(35-22(39)9-3-10(25(32,33)34)5-12(29)4-9)20-19(18)23(40)36-24(20,41)13-6-11(28)1-2-14(13)27/h1-7,17,41H,8H2,(H,35,39)(H,36,40). The minimum absolute atomic E-state index is 0.0790. The molecule has 1 aromatic heterocycles. The number of aliphatic hydroxyl groups is 1. The van der Waals surface area contributed by atoms with E-state index in [0.29, 0.717) is 12.1 Å². The second kappa shape index (κ2) is 9.99. The highest BCUT2D eigenvalue weighted by molar-refractivity contribution is 9.10. The van der Waals surface area contributed by atoms with Crippen LogP contribution in [0.4, 0.5) is 36.4 Å². The smallest absolute Gasteiger partial charge is 0.363 e. The highest BCUT2D eigenvalue weighted by Crippen LogP contribution is 2.47. The van der Waals surface area contributed by atoms with Crippen LogP contribution in [0, 0.1) is 11.6 Å². The number of benzene rings is 3. The number of amides is 2. The molecule has 7 nitrogen and oxygen atoms in total. The normalized spacial score (nSPS) is 16.8. The topological polar surface area (TPSA) is 96.2 Å². The minimum Gasteiger partial charge on any atom is -0.363 e. The summed E-state index contributed by atoms with van der Waals surface area (Å²) in [5.74, 6) is -4.59. The van der Waals surface area contributed by atoms with Gasteiger partial charge in [-0.15, -0.1) is 0 Å². The van der Waals surface area contributed by atoms with E-state index < -0.39 is 70.7 Å². The summed E-state index contributed by atoms with van der Waals surface area (Å²) >= 11 is 9.30. The van der Waals surface area contributed by atoms with Crippen molar-refractivity contribution in [3.8, 4) is 0 Å². The SMILES string of the molecule is O=C(Nc1cc2c(c(Br)nn2CC(F)F)c2c1C(O)(c1cc(F)ccc1Cl)NC2=O)c1cc(F)cc(C(F)(F)F)c1. The highest BCUT2D eigenvalue weighted by atomic mass is 79.9. The Balaban J connectivity index is 1.77. The molecular weight excluding hydrogens is 653 g/mol. The molecule has 1 aliphatic rings. The molecule has 0 saturated heterocycles. The summed E-state index contributed by atoms with van der Waals surface area (Å²) in [6.07, 6.45) is -7.92. The van der Waals surface area contributed by atoms with E-state index in [-0.39, 0.29) is 37.7 Å². The molecule has 5 rings (SSSR count). The van der Waals surface area contributed by atoms with E-state index in [1.54, 1.807) is 0 Å². The molecule has 0 aliphatic carbocycles. The molecule has 0 bridgehead atoms. The molecule has 2 amide bonds. The van der Waals surface area contributed by atoms with Crippen LogP contribution in [0.2, 0.25) is 5.02 Å². The van der Waals surface area contributed by atoms with Crippen LogP contribution in [0.1, 0.15) is 37.4 Å². The molecular formula is C25H13BrClF7N4O3. The predicted molar refractivity (Wildman–Crippen MR) is 135 cm³/mol. The molecule has 2 heterocycles. The lowest BCUT2D eigenvalue weighted by Gasteiger charge is -2.27. The number of carbonyl (C=O) groups is 2. The summed E-state index contributed by atoms with van der Waals surface area (Å²) in [7, 11) is 0. The lowest BCUT2D eigenvalue weighted by atomic mass is 9.91.